The fourth-order valence-electron chi connectivity index (χ4n) is 2.86. The number of hydrogen-bond acceptors (Lipinski definition) is 4. The van der Waals surface area contributed by atoms with Crippen molar-refractivity contribution >= 4 is 17.7 Å². The van der Waals surface area contributed by atoms with E-state index in [-0.39, 0.29) is 18.1 Å². The minimum absolute atomic E-state index is 0.0673. The van der Waals surface area contributed by atoms with Crippen molar-refractivity contribution in [2.45, 2.75) is 62.0 Å². The van der Waals surface area contributed by atoms with Gasteiger partial charge in [0.15, 0.2) is 0 Å². The lowest BCUT2D eigenvalue weighted by Crippen LogP contribution is -2.44. The van der Waals surface area contributed by atoms with Gasteiger partial charge in [-0.05, 0) is 38.4 Å². The molecule has 2 rings (SSSR count). The van der Waals surface area contributed by atoms with Gasteiger partial charge in [0.25, 0.3) is 0 Å². The summed E-state index contributed by atoms with van der Waals surface area (Å²) in [4.78, 5) is 12.1. The Balaban J connectivity index is 1.77. The van der Waals surface area contributed by atoms with E-state index in [4.69, 9.17) is 10.5 Å². The van der Waals surface area contributed by atoms with Gasteiger partial charge in [-0.2, -0.15) is 11.8 Å². The zero-order chi connectivity index (χ0) is 13.0. The fourth-order valence-corrected chi connectivity index (χ4v) is 3.68. The molecule has 104 valence electrons. The molecule has 2 aliphatic rings. The highest BCUT2D eigenvalue weighted by atomic mass is 32.2. The molecule has 3 N–H and O–H groups in total. The van der Waals surface area contributed by atoms with Gasteiger partial charge in [-0.3, -0.25) is 4.79 Å². The summed E-state index contributed by atoms with van der Waals surface area (Å²) in [5.41, 5.74) is 5.56. The molecule has 0 aromatic heterocycles. The summed E-state index contributed by atoms with van der Waals surface area (Å²) < 4.78 is 5.62. The topological polar surface area (TPSA) is 64.4 Å². The van der Waals surface area contributed by atoms with Crippen molar-refractivity contribution in [3.05, 3.63) is 0 Å². The standard InChI is InChI=1S/C13H24N2O2S/c1-18-11-4-2-3-9(7-11)15-13(16)12-6-5-10(8-14)17-12/h9-12H,2-8,14H2,1H3,(H,15,16). The van der Waals surface area contributed by atoms with Gasteiger partial charge in [-0.15, -0.1) is 0 Å². The first-order chi connectivity index (χ1) is 8.72. The molecular formula is C13H24N2O2S. The Morgan fingerprint density at radius 1 is 1.39 bits per heavy atom. The Morgan fingerprint density at radius 2 is 2.22 bits per heavy atom. The molecule has 0 aromatic carbocycles. The van der Waals surface area contributed by atoms with Gasteiger partial charge in [0, 0.05) is 17.8 Å². The normalized spacial score (nSPS) is 36.6. The summed E-state index contributed by atoms with van der Waals surface area (Å²) >= 11 is 1.91. The second-order valence-electron chi connectivity index (χ2n) is 5.29. The Kier molecular flexibility index (Phi) is 5.33. The van der Waals surface area contributed by atoms with Crippen LogP contribution in [-0.4, -0.2) is 42.2 Å². The maximum absolute atomic E-state index is 12.1. The molecule has 4 unspecified atom stereocenters. The van der Waals surface area contributed by atoms with Crippen LogP contribution in [0.1, 0.15) is 38.5 Å². The number of rotatable bonds is 4. The van der Waals surface area contributed by atoms with Gasteiger partial charge in [-0.1, -0.05) is 6.42 Å². The second kappa shape index (κ2) is 6.78. The smallest absolute Gasteiger partial charge is 0.249 e. The first-order valence-corrected chi connectivity index (χ1v) is 8.20. The van der Waals surface area contributed by atoms with Gasteiger partial charge < -0.3 is 15.8 Å². The predicted molar refractivity (Wildman–Crippen MR) is 74.7 cm³/mol. The van der Waals surface area contributed by atoms with Crippen LogP contribution in [0.3, 0.4) is 0 Å². The molecule has 18 heavy (non-hydrogen) atoms. The van der Waals surface area contributed by atoms with Crippen molar-refractivity contribution in [1.29, 1.82) is 0 Å². The molecule has 4 atom stereocenters. The zero-order valence-corrected chi connectivity index (χ0v) is 11.9. The highest BCUT2D eigenvalue weighted by Crippen LogP contribution is 2.27. The fraction of sp³-hybridized carbons (Fsp3) is 0.923. The molecule has 0 bridgehead atoms. The van der Waals surface area contributed by atoms with E-state index in [0.29, 0.717) is 17.8 Å². The summed E-state index contributed by atoms with van der Waals surface area (Å²) in [5, 5.41) is 3.85. The largest absolute Gasteiger partial charge is 0.364 e. The molecule has 1 aliphatic heterocycles. The maximum atomic E-state index is 12.1. The van der Waals surface area contributed by atoms with Crippen LogP contribution in [0.2, 0.25) is 0 Å². The third kappa shape index (κ3) is 3.62. The lowest BCUT2D eigenvalue weighted by atomic mass is 9.94. The maximum Gasteiger partial charge on any atom is 0.249 e. The van der Waals surface area contributed by atoms with Crippen LogP contribution in [0, 0.1) is 0 Å². The number of carbonyl (C=O) groups is 1. The van der Waals surface area contributed by atoms with Crippen molar-refractivity contribution in [3.8, 4) is 0 Å². The van der Waals surface area contributed by atoms with Crippen molar-refractivity contribution in [3.63, 3.8) is 0 Å². The molecule has 1 amide bonds. The number of amides is 1. The van der Waals surface area contributed by atoms with Crippen LogP contribution in [0.5, 0.6) is 0 Å². The average molecular weight is 272 g/mol. The number of thioether (sulfide) groups is 1. The highest BCUT2D eigenvalue weighted by molar-refractivity contribution is 7.99. The van der Waals surface area contributed by atoms with E-state index in [9.17, 15) is 4.79 Å². The third-order valence-corrected chi connectivity index (χ3v) is 5.06. The van der Waals surface area contributed by atoms with Crippen LogP contribution in [0.15, 0.2) is 0 Å². The van der Waals surface area contributed by atoms with Gasteiger partial charge in [-0.25, -0.2) is 0 Å². The minimum atomic E-state index is -0.270. The van der Waals surface area contributed by atoms with E-state index in [1.165, 1.54) is 12.8 Å². The van der Waals surface area contributed by atoms with Crippen LogP contribution in [-0.2, 0) is 9.53 Å². The third-order valence-electron chi connectivity index (χ3n) is 3.97. The zero-order valence-electron chi connectivity index (χ0n) is 11.1. The van der Waals surface area contributed by atoms with Crippen LogP contribution >= 0.6 is 11.8 Å². The first kappa shape index (κ1) is 14.2. The average Bonchev–Trinajstić information content (AvgIpc) is 2.88. The Morgan fingerprint density at radius 3 is 2.89 bits per heavy atom. The van der Waals surface area contributed by atoms with E-state index in [1.807, 2.05) is 11.8 Å². The lowest BCUT2D eigenvalue weighted by molar-refractivity contribution is -0.132. The number of ether oxygens (including phenoxy) is 1. The lowest BCUT2D eigenvalue weighted by Gasteiger charge is -2.29. The first-order valence-electron chi connectivity index (χ1n) is 6.91. The Hall–Kier alpha value is -0.260. The Labute approximate surface area is 113 Å². The van der Waals surface area contributed by atoms with Gasteiger partial charge in [0.05, 0.1) is 6.10 Å². The van der Waals surface area contributed by atoms with Gasteiger partial charge >= 0.3 is 0 Å². The van der Waals surface area contributed by atoms with Gasteiger partial charge in [0.2, 0.25) is 5.91 Å². The molecule has 1 saturated heterocycles. The second-order valence-corrected chi connectivity index (χ2v) is 6.43. The Bertz CT molecular complexity index is 288. The summed E-state index contributed by atoms with van der Waals surface area (Å²) in [6, 6.07) is 0.337. The SMILES string of the molecule is CSC1CCCC(NC(=O)C2CCC(CN)O2)C1. The van der Waals surface area contributed by atoms with Crippen LogP contribution in [0.4, 0.5) is 0 Å². The van der Waals surface area contributed by atoms with E-state index < -0.39 is 0 Å². The van der Waals surface area contributed by atoms with Crippen molar-refractivity contribution in [2.75, 3.05) is 12.8 Å². The molecule has 0 spiro atoms. The number of nitrogens with two attached hydrogens (primary N) is 1. The molecule has 1 saturated carbocycles. The number of hydrogen-bond donors (Lipinski definition) is 2. The molecule has 5 heteroatoms. The summed E-state index contributed by atoms with van der Waals surface area (Å²) in [6.45, 7) is 0.516. The molecule has 4 nitrogen and oxygen atoms in total. The molecule has 0 aromatic rings. The van der Waals surface area contributed by atoms with E-state index >= 15 is 0 Å². The highest BCUT2D eigenvalue weighted by Gasteiger charge is 2.32. The molecule has 1 aliphatic carbocycles. The summed E-state index contributed by atoms with van der Waals surface area (Å²) in [5.74, 6) is 0.0673. The molecule has 1 heterocycles. The molecular weight excluding hydrogens is 248 g/mol. The number of nitrogens with one attached hydrogen (secondary N) is 1. The van der Waals surface area contributed by atoms with Crippen molar-refractivity contribution in [2.24, 2.45) is 5.73 Å². The summed E-state index contributed by atoms with van der Waals surface area (Å²) in [7, 11) is 0. The van der Waals surface area contributed by atoms with E-state index in [0.717, 1.165) is 25.7 Å². The van der Waals surface area contributed by atoms with Crippen LogP contribution in [0.25, 0.3) is 0 Å². The summed E-state index contributed by atoms with van der Waals surface area (Å²) in [6.07, 6.45) is 8.38. The quantitative estimate of drug-likeness (QED) is 0.809. The van der Waals surface area contributed by atoms with Crippen molar-refractivity contribution < 1.29 is 9.53 Å². The number of carbonyl (C=O) groups excluding carboxylic acids is 1. The minimum Gasteiger partial charge on any atom is -0.364 e. The predicted octanol–water partition coefficient (Wildman–Crippen LogP) is 1.28. The van der Waals surface area contributed by atoms with Crippen molar-refractivity contribution in [1.82, 2.24) is 5.32 Å². The van der Waals surface area contributed by atoms with Gasteiger partial charge in [0.1, 0.15) is 6.10 Å². The molecule has 0 radical (unpaired) electrons. The van der Waals surface area contributed by atoms with Crippen LogP contribution < -0.4 is 11.1 Å². The van der Waals surface area contributed by atoms with E-state index in [2.05, 4.69) is 11.6 Å². The monoisotopic (exact) mass is 272 g/mol. The van der Waals surface area contributed by atoms with E-state index in [1.54, 1.807) is 0 Å². The molecule has 2 fully saturated rings.